The zero-order chi connectivity index (χ0) is 33.3. The number of carbonyl (C=O) groups excluding carboxylic acids is 1. The van der Waals surface area contributed by atoms with Crippen molar-refractivity contribution >= 4 is 26.0 Å². The van der Waals surface area contributed by atoms with Gasteiger partial charge in [-0.25, -0.2) is 14.5 Å². The van der Waals surface area contributed by atoms with Gasteiger partial charge in [-0.05, 0) is 14.0 Å². The van der Waals surface area contributed by atoms with Crippen LogP contribution in [0.2, 0.25) is 0 Å². The molecule has 0 spiro atoms. The number of nitrogens with zero attached hydrogens (tertiary/aromatic N) is 2. The Kier molecular flexibility index (Phi) is 11.7. The summed E-state index contributed by atoms with van der Waals surface area (Å²) in [5.41, 5.74) is 19.3. The van der Waals surface area contributed by atoms with E-state index in [1.165, 1.54) is 14.0 Å². The van der Waals surface area contributed by atoms with E-state index in [-0.39, 0.29) is 6.29 Å². The minimum Gasteiger partial charge on any atom is -0.394 e. The van der Waals surface area contributed by atoms with Crippen molar-refractivity contribution in [2.75, 3.05) is 13.7 Å². The van der Waals surface area contributed by atoms with Gasteiger partial charge in [-0.3, -0.25) is 9.32 Å². The first-order valence-corrected chi connectivity index (χ1v) is 14.7. The number of phosphoric acid groups is 1. The van der Waals surface area contributed by atoms with Gasteiger partial charge in [-0.2, -0.15) is 0 Å². The third kappa shape index (κ3) is 7.46. The number of phosphoric ester groups is 1. The van der Waals surface area contributed by atoms with Crippen molar-refractivity contribution in [2.24, 2.45) is 32.9 Å². The Bertz CT molecular complexity index is 1110. The van der Waals surface area contributed by atoms with Crippen LogP contribution in [-0.4, -0.2) is 164 Å². The van der Waals surface area contributed by atoms with E-state index < -0.39 is 118 Å². The second-order valence-corrected chi connectivity index (χ2v) is 11.7. The van der Waals surface area contributed by atoms with Gasteiger partial charge in [-0.1, -0.05) is 0 Å². The maximum absolute atomic E-state index is 12.2. The topological polar surface area (TPSA) is 383 Å². The summed E-state index contributed by atoms with van der Waals surface area (Å²) in [4.78, 5) is 38.7. The van der Waals surface area contributed by atoms with Gasteiger partial charge in [-0.15, -0.1) is 0 Å². The predicted molar refractivity (Wildman–Crippen MR) is 144 cm³/mol. The molecule has 22 nitrogen and oxygen atoms in total. The Labute approximate surface area is 249 Å². The van der Waals surface area contributed by atoms with Gasteiger partial charge in [0, 0.05) is 0 Å². The van der Waals surface area contributed by atoms with Crippen LogP contribution >= 0.6 is 7.82 Å². The molecule has 0 aromatic carbocycles. The van der Waals surface area contributed by atoms with Crippen molar-refractivity contribution < 1.29 is 73.3 Å². The number of hydrogen-bond acceptors (Lipinski definition) is 16. The highest BCUT2D eigenvalue weighted by Gasteiger charge is 2.61. The molecule has 23 heteroatoms. The molecule has 0 amide bonds. The van der Waals surface area contributed by atoms with Crippen LogP contribution in [0.4, 0.5) is 0 Å². The second kappa shape index (κ2) is 14.1. The van der Waals surface area contributed by atoms with Crippen molar-refractivity contribution in [3.05, 3.63) is 0 Å². The van der Waals surface area contributed by atoms with Gasteiger partial charge < -0.3 is 87.6 Å². The van der Waals surface area contributed by atoms with Crippen LogP contribution in [0.15, 0.2) is 9.98 Å². The van der Waals surface area contributed by atoms with Gasteiger partial charge in [0.15, 0.2) is 36.4 Å². The molecule has 0 bridgehead atoms. The number of aliphatic imine (C=N–C) groups is 2. The van der Waals surface area contributed by atoms with E-state index in [0.717, 1.165) is 0 Å². The third-order valence-corrected chi connectivity index (χ3v) is 8.09. The van der Waals surface area contributed by atoms with Crippen LogP contribution in [0, 0.1) is 0 Å². The fraction of sp³-hybridized carbons (Fsp3) is 0.857. The zero-order valence-electron chi connectivity index (χ0n) is 23.5. The summed E-state index contributed by atoms with van der Waals surface area (Å²) in [5.74, 6) is -1.30. The quantitative estimate of drug-likeness (QED) is 0.0423. The molecule has 3 fully saturated rings. The highest BCUT2D eigenvalue weighted by Crippen LogP contribution is 2.44. The summed E-state index contributed by atoms with van der Waals surface area (Å²) < 4.78 is 39.4. The number of likely N-dealkylation sites (N-methyl/N-ethyl adjacent to an activating group) is 1. The largest absolute Gasteiger partial charge is 0.470 e. The average molecular weight is 662 g/mol. The zero-order valence-corrected chi connectivity index (χ0v) is 24.3. The summed E-state index contributed by atoms with van der Waals surface area (Å²) >= 11 is 0. The number of nitrogens with two attached hydrogens (primary N) is 4. The number of carbonyl (C=O) groups is 1. The number of guanidine groups is 2. The Morgan fingerprint density at radius 1 is 0.932 bits per heavy atom. The lowest BCUT2D eigenvalue weighted by Gasteiger charge is -2.46. The second-order valence-electron chi connectivity index (χ2n) is 10.5. The van der Waals surface area contributed by atoms with E-state index in [2.05, 4.69) is 15.3 Å². The number of aldehydes is 1. The lowest BCUT2D eigenvalue weighted by Crippen LogP contribution is -2.67. The summed E-state index contributed by atoms with van der Waals surface area (Å²) in [7, 11) is -4.01. The first kappa shape index (κ1) is 36.3. The standard InChI is InChI=1S/C21H40N7O15P/c1-5-21(35,4-30)16(42-17-9(26-2)12(33)10(31)6(3-29)40-17)18(39-5)41-14-7(27-19(22)23)11(32)8(28-20(24)25)15(13(14)34)43-44(36,37)38/h4-18,26,29,31-35H,3H2,1-2H3,(H4,22,23,27)(H4,24,25,28)(H2,36,37,38)/t5-,6-,7-,8+,9-,10-,11-,12-,13-,14+,15-,16-,17-,18-,21+/m0/s1. The molecular formula is C21H40N7O15P. The van der Waals surface area contributed by atoms with Crippen molar-refractivity contribution in [1.29, 1.82) is 0 Å². The SMILES string of the molecule is CN[C@@H]1[C@H](O[C@H]2[C@H](O[C@H]3[C@H](O)[C@@H](OP(=O)(O)O)[C@H](N=C(N)N)[C@@H](O)[C@@H]3N=C(N)N)O[C@@H](C)[C@]2(O)C=O)O[C@@H](CO)[C@H](O)[C@H]1O. The number of aliphatic hydroxyl groups excluding tert-OH is 5. The van der Waals surface area contributed by atoms with Crippen molar-refractivity contribution in [1.82, 2.24) is 5.32 Å². The van der Waals surface area contributed by atoms with Crippen LogP contribution in [0.5, 0.6) is 0 Å². The minimum atomic E-state index is -5.38. The summed E-state index contributed by atoms with van der Waals surface area (Å²) in [6.45, 7) is 0.503. The summed E-state index contributed by atoms with van der Waals surface area (Å²) in [6, 6.07) is -4.64. The van der Waals surface area contributed by atoms with E-state index in [1.54, 1.807) is 0 Å². The van der Waals surface area contributed by atoms with Crippen molar-refractivity contribution in [3.63, 3.8) is 0 Å². The molecule has 0 aromatic rings. The molecule has 2 heterocycles. The van der Waals surface area contributed by atoms with Gasteiger partial charge in [0.05, 0.1) is 18.8 Å². The lowest BCUT2D eigenvalue weighted by molar-refractivity contribution is -0.314. The Hall–Kier alpha value is -2.12. The number of rotatable bonds is 11. The van der Waals surface area contributed by atoms with Crippen LogP contribution in [0.25, 0.3) is 0 Å². The van der Waals surface area contributed by atoms with Gasteiger partial charge in [0.1, 0.15) is 60.9 Å². The highest BCUT2D eigenvalue weighted by molar-refractivity contribution is 7.46. The van der Waals surface area contributed by atoms with Crippen LogP contribution in [0.3, 0.4) is 0 Å². The number of hydrogen-bond donors (Lipinski definition) is 13. The molecule has 3 aliphatic rings. The van der Waals surface area contributed by atoms with E-state index in [9.17, 15) is 49.8 Å². The molecule has 1 saturated carbocycles. The molecular weight excluding hydrogens is 621 g/mol. The van der Waals surface area contributed by atoms with Crippen LogP contribution < -0.4 is 28.3 Å². The average Bonchev–Trinajstić information content (AvgIpc) is 3.16. The molecule has 44 heavy (non-hydrogen) atoms. The molecule has 0 unspecified atom stereocenters. The number of aliphatic hydroxyl groups is 6. The van der Waals surface area contributed by atoms with Gasteiger partial charge in [0.2, 0.25) is 0 Å². The monoisotopic (exact) mass is 661 g/mol. The first-order chi connectivity index (χ1) is 20.4. The molecule has 2 aliphatic heterocycles. The minimum absolute atomic E-state index is 0.0752. The fourth-order valence-electron chi connectivity index (χ4n) is 5.34. The maximum atomic E-state index is 12.2. The lowest BCUT2D eigenvalue weighted by atomic mass is 9.81. The number of ether oxygens (including phenoxy) is 4. The van der Waals surface area contributed by atoms with Gasteiger partial charge in [0.25, 0.3) is 0 Å². The van der Waals surface area contributed by atoms with Crippen molar-refractivity contribution in [3.8, 4) is 0 Å². The van der Waals surface area contributed by atoms with Gasteiger partial charge >= 0.3 is 7.82 Å². The Morgan fingerprint density at radius 2 is 1.50 bits per heavy atom. The summed E-state index contributed by atoms with van der Waals surface area (Å²) in [6.07, 6.45) is -19.1. The molecule has 3 rings (SSSR count). The maximum Gasteiger partial charge on any atom is 0.470 e. The fourth-order valence-corrected chi connectivity index (χ4v) is 5.91. The smallest absolute Gasteiger partial charge is 0.394 e. The molecule has 0 radical (unpaired) electrons. The van der Waals surface area contributed by atoms with E-state index in [4.69, 9.17) is 46.4 Å². The molecule has 0 aromatic heterocycles. The molecule has 17 N–H and O–H groups in total. The predicted octanol–water partition coefficient (Wildman–Crippen LogP) is -8.04. The Morgan fingerprint density at radius 3 is 1.98 bits per heavy atom. The molecule has 1 aliphatic carbocycles. The molecule has 15 atom stereocenters. The summed E-state index contributed by atoms with van der Waals surface area (Å²) in [5, 5.41) is 66.7. The molecule has 254 valence electrons. The number of nitrogens with one attached hydrogen (secondary N) is 1. The van der Waals surface area contributed by atoms with Crippen molar-refractivity contribution in [2.45, 2.75) is 98.2 Å². The van der Waals surface area contributed by atoms with E-state index >= 15 is 0 Å². The molecule has 2 saturated heterocycles. The first-order valence-electron chi connectivity index (χ1n) is 13.1. The van der Waals surface area contributed by atoms with Crippen LogP contribution in [0.1, 0.15) is 6.92 Å². The van der Waals surface area contributed by atoms with E-state index in [0.29, 0.717) is 0 Å². The van der Waals surface area contributed by atoms with Crippen LogP contribution in [-0.2, 0) is 32.8 Å². The Balaban J connectivity index is 2.04. The van der Waals surface area contributed by atoms with E-state index in [1.807, 2.05) is 0 Å². The third-order valence-electron chi connectivity index (χ3n) is 7.57. The normalized spacial score (nSPS) is 44.6. The highest BCUT2D eigenvalue weighted by atomic mass is 31.2.